The van der Waals surface area contributed by atoms with E-state index in [-0.39, 0.29) is 17.4 Å². The standard InChI is InChI=1S/C13H13NO4/c15-13(18-10-6-2-1-3-7-10)11-8-4-5-9-12(11)14(16)17/h2,4-6,8-10H,1,3,7H2/t10-/m1/s1. The topological polar surface area (TPSA) is 69.4 Å². The lowest BCUT2D eigenvalue weighted by Gasteiger charge is -2.16. The Kier molecular flexibility index (Phi) is 3.72. The van der Waals surface area contributed by atoms with E-state index in [0.29, 0.717) is 0 Å². The number of allylic oxidation sites excluding steroid dienone is 1. The summed E-state index contributed by atoms with van der Waals surface area (Å²) in [4.78, 5) is 22.1. The molecule has 0 fully saturated rings. The van der Waals surface area contributed by atoms with Crippen LogP contribution in [0.15, 0.2) is 36.4 Å². The second-order valence-electron chi connectivity index (χ2n) is 4.08. The monoisotopic (exact) mass is 247 g/mol. The van der Waals surface area contributed by atoms with Gasteiger partial charge in [0.15, 0.2) is 0 Å². The molecule has 1 aliphatic rings. The van der Waals surface area contributed by atoms with Gasteiger partial charge in [0.25, 0.3) is 5.69 Å². The van der Waals surface area contributed by atoms with Crippen molar-refractivity contribution in [3.05, 3.63) is 52.1 Å². The number of carbonyl (C=O) groups is 1. The summed E-state index contributed by atoms with van der Waals surface area (Å²) in [5, 5.41) is 10.8. The maximum atomic E-state index is 11.9. The summed E-state index contributed by atoms with van der Waals surface area (Å²) in [7, 11) is 0. The summed E-state index contributed by atoms with van der Waals surface area (Å²) in [6, 6.07) is 5.82. The van der Waals surface area contributed by atoms with Crippen molar-refractivity contribution in [3.8, 4) is 0 Å². The minimum Gasteiger partial charge on any atom is -0.454 e. The number of nitrogens with zero attached hydrogens (tertiary/aromatic N) is 1. The van der Waals surface area contributed by atoms with Crippen LogP contribution >= 0.6 is 0 Å². The lowest BCUT2D eigenvalue weighted by molar-refractivity contribution is -0.385. The fourth-order valence-electron chi connectivity index (χ4n) is 1.89. The van der Waals surface area contributed by atoms with Crippen molar-refractivity contribution in [2.24, 2.45) is 0 Å². The number of esters is 1. The highest BCUT2D eigenvalue weighted by Gasteiger charge is 2.23. The van der Waals surface area contributed by atoms with E-state index in [9.17, 15) is 14.9 Å². The Labute approximate surface area is 104 Å². The summed E-state index contributed by atoms with van der Waals surface area (Å²) in [5.41, 5.74) is -0.219. The van der Waals surface area contributed by atoms with E-state index in [1.165, 1.54) is 18.2 Å². The molecule has 1 aromatic carbocycles. The van der Waals surface area contributed by atoms with E-state index >= 15 is 0 Å². The Morgan fingerprint density at radius 2 is 2.17 bits per heavy atom. The van der Waals surface area contributed by atoms with Gasteiger partial charge in [-0.3, -0.25) is 10.1 Å². The molecule has 0 spiro atoms. The molecule has 0 unspecified atom stereocenters. The molecule has 2 rings (SSSR count). The van der Waals surface area contributed by atoms with Crippen LogP contribution in [0.4, 0.5) is 5.69 Å². The van der Waals surface area contributed by atoms with Crippen LogP contribution < -0.4 is 0 Å². The summed E-state index contributed by atoms with van der Waals surface area (Å²) in [6.07, 6.45) is 6.23. The number of nitro benzene ring substituents is 1. The summed E-state index contributed by atoms with van der Waals surface area (Å²) >= 11 is 0. The molecule has 0 heterocycles. The number of benzene rings is 1. The molecule has 0 saturated heterocycles. The van der Waals surface area contributed by atoms with E-state index in [4.69, 9.17) is 4.74 Å². The number of ether oxygens (including phenoxy) is 1. The molecule has 0 N–H and O–H groups in total. The number of nitro groups is 1. The third kappa shape index (κ3) is 2.74. The molecule has 0 saturated carbocycles. The minimum atomic E-state index is -0.640. The first-order valence-electron chi connectivity index (χ1n) is 5.79. The van der Waals surface area contributed by atoms with Crippen LogP contribution in [0.25, 0.3) is 0 Å². The predicted molar refractivity (Wildman–Crippen MR) is 65.3 cm³/mol. The smallest absolute Gasteiger partial charge is 0.345 e. The second-order valence-corrected chi connectivity index (χ2v) is 4.08. The van der Waals surface area contributed by atoms with Crippen molar-refractivity contribution in [2.75, 3.05) is 0 Å². The van der Waals surface area contributed by atoms with Gasteiger partial charge < -0.3 is 4.74 Å². The van der Waals surface area contributed by atoms with Gasteiger partial charge in [-0.15, -0.1) is 0 Å². The fraction of sp³-hybridized carbons (Fsp3) is 0.308. The van der Waals surface area contributed by atoms with Gasteiger partial charge in [0.05, 0.1) is 4.92 Å². The van der Waals surface area contributed by atoms with Gasteiger partial charge in [-0.25, -0.2) is 4.79 Å². The normalized spacial score (nSPS) is 18.3. The quantitative estimate of drug-likeness (QED) is 0.356. The summed E-state index contributed by atoms with van der Waals surface area (Å²) < 4.78 is 5.24. The van der Waals surface area contributed by atoms with E-state index in [0.717, 1.165) is 19.3 Å². The van der Waals surface area contributed by atoms with Gasteiger partial charge >= 0.3 is 5.97 Å². The van der Waals surface area contributed by atoms with Crippen LogP contribution in [0.3, 0.4) is 0 Å². The maximum Gasteiger partial charge on any atom is 0.345 e. The van der Waals surface area contributed by atoms with Crippen molar-refractivity contribution in [1.82, 2.24) is 0 Å². The van der Waals surface area contributed by atoms with E-state index in [1.54, 1.807) is 6.07 Å². The zero-order valence-electron chi connectivity index (χ0n) is 9.74. The molecule has 5 nitrogen and oxygen atoms in total. The minimum absolute atomic E-state index is 0.00136. The van der Waals surface area contributed by atoms with Crippen LogP contribution in [0, 0.1) is 10.1 Å². The molecule has 0 radical (unpaired) electrons. The van der Waals surface area contributed by atoms with Crippen LogP contribution in [-0.4, -0.2) is 17.0 Å². The molecule has 0 bridgehead atoms. The maximum absolute atomic E-state index is 11.9. The van der Waals surface area contributed by atoms with Gasteiger partial charge in [0, 0.05) is 6.07 Å². The molecule has 18 heavy (non-hydrogen) atoms. The number of hydrogen-bond acceptors (Lipinski definition) is 4. The molecule has 5 heteroatoms. The molecular weight excluding hydrogens is 234 g/mol. The molecule has 0 aliphatic heterocycles. The first-order chi connectivity index (χ1) is 8.68. The van der Waals surface area contributed by atoms with Crippen molar-refractivity contribution in [2.45, 2.75) is 25.4 Å². The van der Waals surface area contributed by atoms with Crippen molar-refractivity contribution in [3.63, 3.8) is 0 Å². The van der Waals surface area contributed by atoms with Crippen molar-refractivity contribution in [1.29, 1.82) is 0 Å². The fourth-order valence-corrected chi connectivity index (χ4v) is 1.89. The lowest BCUT2D eigenvalue weighted by Crippen LogP contribution is -2.18. The number of carbonyl (C=O) groups excluding carboxylic acids is 1. The molecule has 0 aromatic heterocycles. The van der Waals surface area contributed by atoms with E-state index < -0.39 is 10.9 Å². The first kappa shape index (κ1) is 12.3. The Balaban J connectivity index is 2.15. The zero-order chi connectivity index (χ0) is 13.0. The Morgan fingerprint density at radius 3 is 2.83 bits per heavy atom. The Morgan fingerprint density at radius 1 is 1.39 bits per heavy atom. The third-order valence-corrected chi connectivity index (χ3v) is 2.79. The average Bonchev–Trinajstić information content (AvgIpc) is 2.40. The van der Waals surface area contributed by atoms with Crippen LogP contribution in [0.2, 0.25) is 0 Å². The number of hydrogen-bond donors (Lipinski definition) is 0. The van der Waals surface area contributed by atoms with Gasteiger partial charge in [-0.2, -0.15) is 0 Å². The van der Waals surface area contributed by atoms with Gasteiger partial charge in [0.1, 0.15) is 11.7 Å². The summed E-state index contributed by atoms with van der Waals surface area (Å²) in [6.45, 7) is 0. The van der Waals surface area contributed by atoms with E-state index in [1.807, 2.05) is 12.2 Å². The molecule has 94 valence electrons. The number of rotatable bonds is 3. The number of para-hydroxylation sites is 1. The molecule has 0 amide bonds. The van der Waals surface area contributed by atoms with Crippen molar-refractivity contribution < 1.29 is 14.5 Å². The third-order valence-electron chi connectivity index (χ3n) is 2.79. The van der Waals surface area contributed by atoms with Crippen LogP contribution in [0.1, 0.15) is 29.6 Å². The molecule has 1 aliphatic carbocycles. The van der Waals surface area contributed by atoms with Crippen LogP contribution in [0.5, 0.6) is 0 Å². The predicted octanol–water partition coefficient (Wildman–Crippen LogP) is 2.86. The highest BCUT2D eigenvalue weighted by molar-refractivity contribution is 5.94. The van der Waals surface area contributed by atoms with Gasteiger partial charge in [-0.1, -0.05) is 18.2 Å². The van der Waals surface area contributed by atoms with E-state index in [2.05, 4.69) is 0 Å². The van der Waals surface area contributed by atoms with Gasteiger partial charge in [0.2, 0.25) is 0 Å². The first-order valence-corrected chi connectivity index (χ1v) is 5.79. The molecule has 1 aromatic rings. The zero-order valence-corrected chi connectivity index (χ0v) is 9.74. The second kappa shape index (κ2) is 5.44. The SMILES string of the molecule is O=C(O[C@@H]1C=CCCC1)c1ccccc1[N+](=O)[O-]. The Hall–Kier alpha value is -2.17. The molecular formula is C13H13NO4. The largest absolute Gasteiger partial charge is 0.454 e. The van der Waals surface area contributed by atoms with Crippen molar-refractivity contribution >= 4 is 11.7 Å². The Bertz CT molecular complexity index is 496. The highest BCUT2D eigenvalue weighted by Crippen LogP contribution is 2.21. The molecule has 1 atom stereocenters. The lowest BCUT2D eigenvalue weighted by atomic mass is 10.1. The average molecular weight is 247 g/mol. The van der Waals surface area contributed by atoms with Gasteiger partial charge in [-0.05, 0) is 31.4 Å². The summed E-state index contributed by atoms with van der Waals surface area (Å²) in [5.74, 6) is -0.640. The highest BCUT2D eigenvalue weighted by atomic mass is 16.6. The van der Waals surface area contributed by atoms with Crippen LogP contribution in [-0.2, 0) is 4.74 Å².